The van der Waals surface area contributed by atoms with Crippen molar-refractivity contribution in [2.75, 3.05) is 6.54 Å². The molecule has 0 aliphatic carbocycles. The second kappa shape index (κ2) is 8.89. The highest BCUT2D eigenvalue weighted by Gasteiger charge is 2.19. The van der Waals surface area contributed by atoms with Crippen LogP contribution in [0.25, 0.3) is 0 Å². The van der Waals surface area contributed by atoms with Gasteiger partial charge < -0.3 is 5.32 Å². The van der Waals surface area contributed by atoms with Crippen LogP contribution in [0.5, 0.6) is 0 Å². The molecule has 2 atom stereocenters. The highest BCUT2D eigenvalue weighted by Crippen LogP contribution is 2.27. The molecule has 0 aliphatic heterocycles. The first-order chi connectivity index (χ1) is 9.80. The van der Waals surface area contributed by atoms with Gasteiger partial charge >= 0.3 is 0 Å². The quantitative estimate of drug-likeness (QED) is 0.692. The van der Waals surface area contributed by atoms with Crippen LogP contribution in [-0.4, -0.2) is 17.6 Å². The Bertz CT molecular complexity index is 395. The van der Waals surface area contributed by atoms with Crippen molar-refractivity contribution in [1.29, 1.82) is 0 Å². The van der Waals surface area contributed by atoms with Gasteiger partial charge in [0.05, 0.1) is 0 Å². The molecule has 21 heavy (non-hydrogen) atoms. The van der Waals surface area contributed by atoms with Gasteiger partial charge in [-0.25, -0.2) is 0 Å². The average Bonchev–Trinajstić information content (AvgIpc) is 2.36. The molecule has 0 saturated carbocycles. The Balaban J connectivity index is 2.60. The summed E-state index contributed by atoms with van der Waals surface area (Å²) in [7, 11) is 0. The lowest BCUT2D eigenvalue weighted by molar-refractivity contribution is 0.273. The third kappa shape index (κ3) is 8.57. The van der Waals surface area contributed by atoms with E-state index in [1.807, 2.05) is 6.20 Å². The molecule has 1 N–H and O–H groups in total. The number of pyridine rings is 1. The van der Waals surface area contributed by atoms with Gasteiger partial charge in [0.15, 0.2) is 0 Å². The lowest BCUT2D eigenvalue weighted by Crippen LogP contribution is -2.34. The number of hydrogen-bond acceptors (Lipinski definition) is 2. The third-order valence-electron chi connectivity index (χ3n) is 3.57. The Hall–Kier alpha value is -0.410. The zero-order valence-corrected chi connectivity index (χ0v) is 15.8. The Labute approximate surface area is 139 Å². The smallest absolute Gasteiger partial charge is 0.0419 e. The van der Waals surface area contributed by atoms with Gasteiger partial charge in [0.1, 0.15) is 0 Å². The third-order valence-corrected chi connectivity index (χ3v) is 4.04. The zero-order valence-electron chi connectivity index (χ0n) is 14.2. The van der Waals surface area contributed by atoms with E-state index in [0.717, 1.165) is 23.4 Å². The average molecular weight is 355 g/mol. The van der Waals surface area contributed by atoms with Crippen LogP contribution in [0.15, 0.2) is 22.8 Å². The number of nitrogens with zero attached hydrogens (tertiary/aromatic N) is 1. The van der Waals surface area contributed by atoms with Crippen LogP contribution in [-0.2, 0) is 6.42 Å². The van der Waals surface area contributed by atoms with Gasteiger partial charge in [-0.05, 0) is 65.2 Å². The van der Waals surface area contributed by atoms with Gasteiger partial charge in [0.2, 0.25) is 0 Å². The molecule has 0 radical (unpaired) electrons. The SMILES string of the molecule is CCCNC(Cc1ccc(Br)cn1)CC(C)CC(C)(C)C. The predicted octanol–water partition coefficient (Wildman–Crippen LogP) is 5.22. The summed E-state index contributed by atoms with van der Waals surface area (Å²) in [5.74, 6) is 0.731. The van der Waals surface area contributed by atoms with Crippen LogP contribution in [0.2, 0.25) is 0 Å². The molecule has 2 unspecified atom stereocenters. The number of rotatable bonds is 8. The molecule has 0 bridgehead atoms. The molecule has 0 amide bonds. The van der Waals surface area contributed by atoms with E-state index in [1.165, 1.54) is 25.0 Å². The van der Waals surface area contributed by atoms with E-state index < -0.39 is 0 Å². The number of nitrogens with one attached hydrogen (secondary N) is 1. The molecular formula is C18H31BrN2. The van der Waals surface area contributed by atoms with Crippen LogP contribution >= 0.6 is 15.9 Å². The van der Waals surface area contributed by atoms with E-state index >= 15 is 0 Å². The van der Waals surface area contributed by atoms with E-state index in [1.54, 1.807) is 0 Å². The number of halogens is 1. The Morgan fingerprint density at radius 3 is 2.52 bits per heavy atom. The standard InChI is InChI=1S/C18H31BrN2/c1-6-9-20-17(10-14(2)12-18(3,4)5)11-16-8-7-15(19)13-21-16/h7-8,13-14,17,20H,6,9-12H2,1-5H3. The molecule has 120 valence electrons. The highest BCUT2D eigenvalue weighted by molar-refractivity contribution is 9.10. The summed E-state index contributed by atoms with van der Waals surface area (Å²) in [5.41, 5.74) is 1.58. The van der Waals surface area contributed by atoms with Crippen molar-refractivity contribution in [3.63, 3.8) is 0 Å². The van der Waals surface area contributed by atoms with E-state index in [2.05, 4.69) is 73.0 Å². The van der Waals surface area contributed by atoms with Crippen molar-refractivity contribution >= 4 is 15.9 Å². The molecular weight excluding hydrogens is 324 g/mol. The van der Waals surface area contributed by atoms with E-state index in [9.17, 15) is 0 Å². The summed E-state index contributed by atoms with van der Waals surface area (Å²) in [6.45, 7) is 12.7. The second-order valence-corrected chi connectivity index (χ2v) is 8.34. The molecule has 1 aromatic heterocycles. The van der Waals surface area contributed by atoms with Gasteiger partial charge in [-0.1, -0.05) is 34.6 Å². The van der Waals surface area contributed by atoms with Crippen LogP contribution in [0, 0.1) is 11.3 Å². The largest absolute Gasteiger partial charge is 0.314 e. The lowest BCUT2D eigenvalue weighted by atomic mass is 9.82. The van der Waals surface area contributed by atoms with Crippen LogP contribution in [0.4, 0.5) is 0 Å². The van der Waals surface area contributed by atoms with Crippen molar-refractivity contribution in [3.8, 4) is 0 Å². The molecule has 1 heterocycles. The second-order valence-electron chi connectivity index (χ2n) is 7.43. The normalized spacial score (nSPS) is 15.0. The molecule has 0 fully saturated rings. The number of aromatic nitrogens is 1. The molecule has 0 spiro atoms. The maximum Gasteiger partial charge on any atom is 0.0419 e. The first-order valence-electron chi connectivity index (χ1n) is 8.14. The lowest BCUT2D eigenvalue weighted by Gasteiger charge is -2.27. The van der Waals surface area contributed by atoms with Crippen LogP contribution in [0.3, 0.4) is 0 Å². The maximum atomic E-state index is 4.52. The fourth-order valence-electron chi connectivity index (χ4n) is 2.98. The van der Waals surface area contributed by atoms with Crippen molar-refractivity contribution in [1.82, 2.24) is 10.3 Å². The van der Waals surface area contributed by atoms with Gasteiger partial charge in [0, 0.05) is 28.8 Å². The molecule has 2 nitrogen and oxygen atoms in total. The molecule has 1 aromatic rings. The fraction of sp³-hybridized carbons (Fsp3) is 0.722. The van der Waals surface area contributed by atoms with E-state index in [4.69, 9.17) is 0 Å². The van der Waals surface area contributed by atoms with E-state index in [-0.39, 0.29) is 0 Å². The van der Waals surface area contributed by atoms with Crippen molar-refractivity contribution < 1.29 is 0 Å². The van der Waals surface area contributed by atoms with Crippen LogP contribution in [0.1, 0.15) is 59.6 Å². The summed E-state index contributed by atoms with van der Waals surface area (Å²) in [6, 6.07) is 4.73. The molecule has 0 aliphatic rings. The highest BCUT2D eigenvalue weighted by atomic mass is 79.9. The molecule has 0 aromatic carbocycles. The van der Waals surface area contributed by atoms with Crippen molar-refractivity contribution in [2.24, 2.45) is 11.3 Å². The monoisotopic (exact) mass is 354 g/mol. The zero-order chi connectivity index (χ0) is 15.9. The first kappa shape index (κ1) is 18.6. The summed E-state index contributed by atoms with van der Waals surface area (Å²) < 4.78 is 1.05. The van der Waals surface area contributed by atoms with Crippen molar-refractivity contribution in [2.45, 2.75) is 66.3 Å². The van der Waals surface area contributed by atoms with Gasteiger partial charge in [-0.2, -0.15) is 0 Å². The maximum absolute atomic E-state index is 4.52. The topological polar surface area (TPSA) is 24.9 Å². The minimum absolute atomic E-state index is 0.407. The van der Waals surface area contributed by atoms with Crippen LogP contribution < -0.4 is 5.32 Å². The Morgan fingerprint density at radius 2 is 2.00 bits per heavy atom. The summed E-state index contributed by atoms with van der Waals surface area (Å²) in [6.07, 6.45) is 6.57. The van der Waals surface area contributed by atoms with Crippen molar-refractivity contribution in [3.05, 3.63) is 28.5 Å². The predicted molar refractivity (Wildman–Crippen MR) is 95.6 cm³/mol. The molecule has 1 rings (SSSR count). The molecule has 0 saturated heterocycles. The minimum atomic E-state index is 0.407. The Kier molecular flexibility index (Phi) is 7.89. The Morgan fingerprint density at radius 1 is 1.29 bits per heavy atom. The van der Waals surface area contributed by atoms with Gasteiger partial charge in [-0.15, -0.1) is 0 Å². The molecule has 3 heteroatoms. The summed E-state index contributed by atoms with van der Waals surface area (Å²) in [4.78, 5) is 4.52. The van der Waals surface area contributed by atoms with Gasteiger partial charge in [-0.3, -0.25) is 4.98 Å². The summed E-state index contributed by atoms with van der Waals surface area (Å²) in [5, 5.41) is 3.70. The van der Waals surface area contributed by atoms with Gasteiger partial charge in [0.25, 0.3) is 0 Å². The summed E-state index contributed by atoms with van der Waals surface area (Å²) >= 11 is 3.45. The number of hydrogen-bond donors (Lipinski definition) is 1. The minimum Gasteiger partial charge on any atom is -0.314 e. The fourth-order valence-corrected chi connectivity index (χ4v) is 3.22. The first-order valence-corrected chi connectivity index (χ1v) is 8.93. The van der Waals surface area contributed by atoms with E-state index in [0.29, 0.717) is 11.5 Å².